The molecule has 0 aromatic carbocycles. The molecule has 0 amide bonds. The van der Waals surface area contributed by atoms with Crippen LogP contribution in [0.1, 0.15) is 42.0 Å². The first kappa shape index (κ1) is 17.7. The molecule has 0 saturated heterocycles. The lowest BCUT2D eigenvalue weighted by molar-refractivity contribution is -0.137. The molecule has 0 bridgehead atoms. The molecule has 8 heteroatoms. The van der Waals surface area contributed by atoms with Crippen molar-refractivity contribution >= 4 is 11.7 Å². The van der Waals surface area contributed by atoms with E-state index >= 15 is 0 Å². The van der Waals surface area contributed by atoms with Crippen LogP contribution >= 0.6 is 0 Å². The first-order chi connectivity index (χ1) is 13.1. The molecule has 0 unspecified atom stereocenters. The van der Waals surface area contributed by atoms with E-state index in [4.69, 9.17) is 10.1 Å². The van der Waals surface area contributed by atoms with E-state index in [2.05, 4.69) is 14.9 Å². The van der Waals surface area contributed by atoms with Gasteiger partial charge in [0.25, 0.3) is 5.56 Å². The van der Waals surface area contributed by atoms with Crippen molar-refractivity contribution < 1.29 is 9.90 Å². The number of nitrogens with zero attached hydrogens (tertiary/aromatic N) is 4. The lowest BCUT2D eigenvalue weighted by Gasteiger charge is -2.28. The number of hydrogen-bond donors (Lipinski definition) is 2. The largest absolute Gasteiger partial charge is 0.480 e. The van der Waals surface area contributed by atoms with Crippen molar-refractivity contribution in [3.63, 3.8) is 0 Å². The summed E-state index contributed by atoms with van der Waals surface area (Å²) >= 11 is 0. The number of H-pyrrole nitrogens is 1. The molecular formula is C19H23N5O3. The van der Waals surface area contributed by atoms with Crippen LogP contribution in [-0.2, 0) is 30.8 Å². The maximum atomic E-state index is 12.6. The Bertz CT molecular complexity index is 943. The summed E-state index contributed by atoms with van der Waals surface area (Å²) in [6.07, 6.45) is 5.53. The van der Waals surface area contributed by atoms with Crippen LogP contribution in [0, 0.1) is 0 Å². The minimum absolute atomic E-state index is 0.0552. The quantitative estimate of drug-likeness (QED) is 0.824. The molecule has 0 fully saturated rings. The highest BCUT2D eigenvalue weighted by Gasteiger charge is 2.23. The molecule has 2 aliphatic rings. The number of carboxylic acid groups (broad SMARTS) is 1. The molecule has 0 spiro atoms. The van der Waals surface area contributed by atoms with Crippen LogP contribution in [0.4, 0.5) is 0 Å². The van der Waals surface area contributed by atoms with Crippen molar-refractivity contribution in [1.82, 2.24) is 19.4 Å². The molecule has 0 aliphatic carbocycles. The van der Waals surface area contributed by atoms with Crippen LogP contribution in [0.2, 0.25) is 0 Å². The van der Waals surface area contributed by atoms with Gasteiger partial charge in [0.2, 0.25) is 0 Å². The van der Waals surface area contributed by atoms with Crippen LogP contribution in [0.5, 0.6) is 0 Å². The van der Waals surface area contributed by atoms with Crippen LogP contribution in [0.15, 0.2) is 28.1 Å². The molecule has 4 heterocycles. The number of hydrogen-bond acceptors (Lipinski definition) is 5. The molecule has 142 valence electrons. The minimum atomic E-state index is -0.866. The second-order valence-corrected chi connectivity index (χ2v) is 7.11. The van der Waals surface area contributed by atoms with Crippen LogP contribution in [0.3, 0.4) is 0 Å². The molecule has 27 heavy (non-hydrogen) atoms. The van der Waals surface area contributed by atoms with E-state index in [1.807, 2.05) is 12.1 Å². The Labute approximate surface area is 156 Å². The molecule has 2 aromatic rings. The number of carboxylic acids is 1. The highest BCUT2D eigenvalue weighted by molar-refractivity contribution is 5.97. The average Bonchev–Trinajstić information content (AvgIpc) is 3.09. The van der Waals surface area contributed by atoms with E-state index < -0.39 is 5.97 Å². The van der Waals surface area contributed by atoms with E-state index in [1.54, 1.807) is 10.8 Å². The molecule has 0 atom stereocenters. The summed E-state index contributed by atoms with van der Waals surface area (Å²) in [7, 11) is 0. The third kappa shape index (κ3) is 3.85. The van der Waals surface area contributed by atoms with Gasteiger partial charge in [-0.2, -0.15) is 0 Å². The molecule has 0 radical (unpaired) electrons. The second-order valence-electron chi connectivity index (χ2n) is 7.11. The van der Waals surface area contributed by atoms with Crippen molar-refractivity contribution in [3.05, 3.63) is 51.5 Å². The Morgan fingerprint density at radius 3 is 2.96 bits per heavy atom. The van der Waals surface area contributed by atoms with Gasteiger partial charge in [-0.3, -0.25) is 19.5 Å². The second kappa shape index (κ2) is 7.48. The van der Waals surface area contributed by atoms with Gasteiger partial charge < -0.3 is 14.7 Å². The van der Waals surface area contributed by atoms with Crippen molar-refractivity contribution in [3.8, 4) is 0 Å². The predicted molar refractivity (Wildman–Crippen MR) is 100.0 cm³/mol. The van der Waals surface area contributed by atoms with Gasteiger partial charge >= 0.3 is 5.97 Å². The lowest BCUT2D eigenvalue weighted by atomic mass is 10.0. The van der Waals surface area contributed by atoms with Gasteiger partial charge in [-0.25, -0.2) is 4.98 Å². The van der Waals surface area contributed by atoms with E-state index in [9.17, 15) is 9.59 Å². The summed E-state index contributed by atoms with van der Waals surface area (Å²) in [5, 5.41) is 9.02. The molecule has 2 aromatic heterocycles. The summed E-state index contributed by atoms with van der Waals surface area (Å²) < 4.78 is 1.73. The summed E-state index contributed by atoms with van der Waals surface area (Å²) in [5.41, 5.74) is 3.32. The molecule has 2 N–H and O–H groups in total. The Hall–Kier alpha value is -2.74. The van der Waals surface area contributed by atoms with Gasteiger partial charge in [-0.15, -0.1) is 0 Å². The van der Waals surface area contributed by atoms with Crippen molar-refractivity contribution in [2.24, 2.45) is 4.99 Å². The highest BCUT2D eigenvalue weighted by Crippen LogP contribution is 2.18. The number of aliphatic carboxylic acids is 1. The Morgan fingerprint density at radius 1 is 1.30 bits per heavy atom. The maximum Gasteiger partial charge on any atom is 0.323 e. The molecular weight excluding hydrogens is 346 g/mol. The number of nitrogens with one attached hydrogen (secondary N) is 1. The number of aromatic nitrogens is 3. The van der Waals surface area contributed by atoms with Crippen LogP contribution < -0.4 is 5.56 Å². The molecule has 2 aliphatic heterocycles. The Morgan fingerprint density at radius 2 is 2.19 bits per heavy atom. The summed E-state index contributed by atoms with van der Waals surface area (Å²) in [6.45, 7) is 2.66. The van der Waals surface area contributed by atoms with Crippen molar-refractivity contribution in [2.45, 2.75) is 45.3 Å². The minimum Gasteiger partial charge on any atom is -0.480 e. The van der Waals surface area contributed by atoms with Gasteiger partial charge in [-0.05, 0) is 31.4 Å². The Kier molecular flexibility index (Phi) is 4.89. The third-order valence-electron chi connectivity index (χ3n) is 5.16. The van der Waals surface area contributed by atoms with E-state index in [0.29, 0.717) is 30.9 Å². The first-order valence-electron chi connectivity index (χ1n) is 9.34. The number of fused-ring (bicyclic) bond motifs is 1. The fraction of sp³-hybridized carbons (Fsp3) is 0.474. The molecule has 0 saturated carbocycles. The highest BCUT2D eigenvalue weighted by atomic mass is 16.4. The lowest BCUT2D eigenvalue weighted by Crippen LogP contribution is -2.36. The van der Waals surface area contributed by atoms with Gasteiger partial charge in [0.1, 0.15) is 6.54 Å². The number of rotatable bonds is 5. The van der Waals surface area contributed by atoms with Crippen LogP contribution in [0.25, 0.3) is 0 Å². The van der Waals surface area contributed by atoms with E-state index in [-0.39, 0.29) is 12.1 Å². The van der Waals surface area contributed by atoms with E-state index in [1.165, 1.54) is 0 Å². The normalized spacial score (nSPS) is 17.4. The number of aliphatic imine (C=N–C) groups is 1. The van der Waals surface area contributed by atoms with Crippen LogP contribution in [-0.4, -0.2) is 49.3 Å². The SMILES string of the molecule is O=C(O)Cn1cccc1CN1CCc2nc(C3=NCCCC3)[nH]c(=O)c2C1. The van der Waals surface area contributed by atoms with Gasteiger partial charge in [0.05, 0.1) is 17.0 Å². The van der Waals surface area contributed by atoms with Crippen molar-refractivity contribution in [1.29, 1.82) is 0 Å². The number of carbonyl (C=O) groups is 1. The zero-order chi connectivity index (χ0) is 18.8. The van der Waals surface area contributed by atoms with Gasteiger partial charge in [0.15, 0.2) is 5.82 Å². The zero-order valence-electron chi connectivity index (χ0n) is 15.1. The predicted octanol–water partition coefficient (Wildman–Crippen LogP) is 1.19. The third-order valence-corrected chi connectivity index (χ3v) is 5.16. The Balaban J connectivity index is 1.52. The molecule has 4 rings (SSSR count). The van der Waals surface area contributed by atoms with Gasteiger partial charge in [-0.1, -0.05) is 0 Å². The standard InChI is InChI=1S/C19H23N5O3/c25-17(26)12-24-8-3-4-13(24)10-23-9-6-15-14(11-23)19(27)22-18(21-15)16-5-1-2-7-20-16/h3-4,8H,1-2,5-7,9-12H2,(H,25,26)(H,21,22,27). The summed E-state index contributed by atoms with van der Waals surface area (Å²) in [5.74, 6) is -0.238. The first-order valence-corrected chi connectivity index (χ1v) is 9.34. The monoisotopic (exact) mass is 369 g/mol. The number of aromatic amines is 1. The summed E-state index contributed by atoms with van der Waals surface area (Å²) in [6, 6.07) is 3.77. The molecule has 8 nitrogen and oxygen atoms in total. The van der Waals surface area contributed by atoms with Crippen molar-refractivity contribution in [2.75, 3.05) is 13.1 Å². The average molecular weight is 369 g/mol. The fourth-order valence-electron chi connectivity index (χ4n) is 3.77. The summed E-state index contributed by atoms with van der Waals surface area (Å²) in [4.78, 5) is 37.9. The smallest absolute Gasteiger partial charge is 0.323 e. The van der Waals surface area contributed by atoms with E-state index in [0.717, 1.165) is 49.5 Å². The maximum absolute atomic E-state index is 12.6. The zero-order valence-corrected chi connectivity index (χ0v) is 15.1. The fourth-order valence-corrected chi connectivity index (χ4v) is 3.77. The van der Waals surface area contributed by atoms with Gasteiger partial charge in [0, 0.05) is 44.5 Å². The topological polar surface area (TPSA) is 104 Å².